The van der Waals surface area contributed by atoms with Gasteiger partial charge in [0.2, 0.25) is 5.88 Å². The summed E-state index contributed by atoms with van der Waals surface area (Å²) in [7, 11) is 1.46. The van der Waals surface area contributed by atoms with Crippen LogP contribution in [0.2, 0.25) is 0 Å². The van der Waals surface area contributed by atoms with Crippen LogP contribution in [0, 0.1) is 0 Å². The van der Waals surface area contributed by atoms with Gasteiger partial charge in [0.05, 0.1) is 18.0 Å². The Bertz CT molecular complexity index is 533. The average Bonchev–Trinajstić information content (AvgIpc) is 2.17. The van der Waals surface area contributed by atoms with Gasteiger partial charge in [-0.1, -0.05) is 0 Å². The lowest BCUT2D eigenvalue weighted by molar-refractivity contribution is 0.401. The number of anilines is 1. The van der Waals surface area contributed by atoms with Crippen molar-refractivity contribution < 1.29 is 4.74 Å². The highest BCUT2D eigenvalue weighted by atomic mass is 16.5. The summed E-state index contributed by atoms with van der Waals surface area (Å²) in [6, 6.07) is 5.13. The van der Waals surface area contributed by atoms with Crippen LogP contribution in [0.15, 0.2) is 23.0 Å². The van der Waals surface area contributed by atoms with Crippen molar-refractivity contribution in [2.45, 2.75) is 0 Å². The lowest BCUT2D eigenvalue weighted by Crippen LogP contribution is -2.11. The van der Waals surface area contributed by atoms with Crippen LogP contribution >= 0.6 is 0 Å². The smallest absolute Gasteiger partial charge is 0.348 e. The number of hydrogen-bond donors (Lipinski definition) is 2. The van der Waals surface area contributed by atoms with E-state index in [4.69, 9.17) is 10.5 Å². The summed E-state index contributed by atoms with van der Waals surface area (Å²) in [5.41, 5.74) is 6.44. The Kier molecular flexibility index (Phi) is 1.85. The molecule has 1 aromatic carbocycles. The largest absolute Gasteiger partial charge is 0.480 e. The highest BCUT2D eigenvalue weighted by Gasteiger charge is 2.04. The number of benzene rings is 1. The summed E-state index contributed by atoms with van der Waals surface area (Å²) in [4.78, 5) is 17.3. The van der Waals surface area contributed by atoms with Crippen LogP contribution in [-0.2, 0) is 0 Å². The number of aromatic amines is 1. The third-order valence-corrected chi connectivity index (χ3v) is 1.91. The van der Waals surface area contributed by atoms with E-state index in [9.17, 15) is 4.79 Å². The summed E-state index contributed by atoms with van der Waals surface area (Å²) in [5.74, 6) is 0.288. The van der Waals surface area contributed by atoms with Crippen molar-refractivity contribution in [2.75, 3.05) is 12.8 Å². The first-order valence-electron chi connectivity index (χ1n) is 4.04. The van der Waals surface area contributed by atoms with Gasteiger partial charge in [0, 0.05) is 5.69 Å². The first kappa shape index (κ1) is 8.55. The minimum atomic E-state index is -0.431. The van der Waals surface area contributed by atoms with Crippen LogP contribution in [0.25, 0.3) is 10.9 Å². The molecule has 2 aromatic rings. The number of nitrogens with two attached hydrogens (primary N) is 1. The third kappa shape index (κ3) is 1.28. The number of ether oxygens (including phenoxy) is 1. The third-order valence-electron chi connectivity index (χ3n) is 1.91. The summed E-state index contributed by atoms with van der Waals surface area (Å²) < 4.78 is 4.98. The quantitative estimate of drug-likeness (QED) is 0.643. The molecule has 0 spiro atoms. The molecule has 72 valence electrons. The summed E-state index contributed by atoms with van der Waals surface area (Å²) in [5, 5.41) is 0.701. The van der Waals surface area contributed by atoms with E-state index < -0.39 is 5.69 Å². The maximum Gasteiger partial charge on any atom is 0.348 e. The molecule has 3 N–H and O–H groups in total. The predicted octanol–water partition coefficient (Wildman–Crippen LogP) is 0.514. The van der Waals surface area contributed by atoms with Gasteiger partial charge in [-0.25, -0.2) is 4.79 Å². The van der Waals surface area contributed by atoms with Crippen LogP contribution in [0.1, 0.15) is 0 Å². The van der Waals surface area contributed by atoms with Gasteiger partial charge >= 0.3 is 5.69 Å². The average molecular weight is 191 g/mol. The van der Waals surface area contributed by atoms with Crippen LogP contribution in [0.3, 0.4) is 0 Å². The Morgan fingerprint density at radius 3 is 3.00 bits per heavy atom. The van der Waals surface area contributed by atoms with E-state index in [2.05, 4.69) is 9.97 Å². The van der Waals surface area contributed by atoms with Crippen molar-refractivity contribution in [3.05, 3.63) is 28.7 Å². The molecule has 0 saturated carbocycles. The molecule has 0 unspecified atom stereocenters. The van der Waals surface area contributed by atoms with E-state index in [1.54, 1.807) is 18.2 Å². The second-order valence-corrected chi connectivity index (χ2v) is 2.86. The molecule has 1 aromatic heterocycles. The molecule has 0 bridgehead atoms. The molecular formula is C9H9N3O2. The van der Waals surface area contributed by atoms with Crippen LogP contribution in [-0.4, -0.2) is 17.1 Å². The monoisotopic (exact) mass is 191 g/mol. The normalized spacial score (nSPS) is 10.4. The molecule has 0 aliphatic carbocycles. The van der Waals surface area contributed by atoms with Crippen molar-refractivity contribution in [3.8, 4) is 5.88 Å². The van der Waals surface area contributed by atoms with E-state index in [0.717, 1.165) is 0 Å². The fraction of sp³-hybridized carbons (Fsp3) is 0.111. The molecule has 5 heteroatoms. The van der Waals surface area contributed by atoms with Crippen molar-refractivity contribution in [3.63, 3.8) is 0 Å². The molecule has 0 aliphatic heterocycles. The number of rotatable bonds is 1. The number of methoxy groups -OCH3 is 1. The van der Waals surface area contributed by atoms with Crippen LogP contribution in [0.5, 0.6) is 5.88 Å². The molecule has 0 fully saturated rings. The van der Waals surface area contributed by atoms with Crippen LogP contribution in [0.4, 0.5) is 5.69 Å². The predicted molar refractivity (Wildman–Crippen MR) is 53.3 cm³/mol. The molecular weight excluding hydrogens is 182 g/mol. The van der Waals surface area contributed by atoms with Crippen molar-refractivity contribution in [2.24, 2.45) is 0 Å². The molecule has 0 saturated heterocycles. The summed E-state index contributed by atoms with van der Waals surface area (Å²) in [6.45, 7) is 0. The van der Waals surface area contributed by atoms with Gasteiger partial charge in [0.25, 0.3) is 0 Å². The molecule has 0 atom stereocenters. The maximum atomic E-state index is 11.1. The Balaban J connectivity index is 2.88. The van der Waals surface area contributed by atoms with Crippen molar-refractivity contribution >= 4 is 16.6 Å². The Labute approximate surface area is 79.5 Å². The topological polar surface area (TPSA) is 81.0 Å². The van der Waals surface area contributed by atoms with E-state index in [-0.39, 0.29) is 5.88 Å². The van der Waals surface area contributed by atoms with Gasteiger partial charge in [-0.15, -0.1) is 0 Å². The number of nitrogens with zero attached hydrogens (tertiary/aromatic N) is 1. The zero-order chi connectivity index (χ0) is 10.1. The van der Waals surface area contributed by atoms with Gasteiger partial charge in [-0.2, -0.15) is 4.98 Å². The number of hydrogen-bond acceptors (Lipinski definition) is 4. The summed E-state index contributed by atoms with van der Waals surface area (Å²) in [6.07, 6.45) is 0. The SMILES string of the molecule is COc1nc(=O)[nH]c2ccc(N)cc12. The molecule has 14 heavy (non-hydrogen) atoms. The number of nitrogen functional groups attached to an aromatic ring is 1. The fourth-order valence-corrected chi connectivity index (χ4v) is 1.30. The van der Waals surface area contributed by atoms with Crippen molar-refractivity contribution in [1.82, 2.24) is 9.97 Å². The highest BCUT2D eigenvalue weighted by Crippen LogP contribution is 2.21. The highest BCUT2D eigenvalue weighted by molar-refractivity contribution is 5.85. The molecule has 0 aliphatic rings. The standard InChI is InChI=1S/C9H9N3O2/c1-14-8-6-4-5(10)2-3-7(6)11-9(13)12-8/h2-4H,10H2,1H3,(H,11,12,13). The van der Waals surface area contributed by atoms with E-state index in [1.807, 2.05) is 0 Å². The lowest BCUT2D eigenvalue weighted by Gasteiger charge is -2.03. The second-order valence-electron chi connectivity index (χ2n) is 2.86. The number of fused-ring (bicyclic) bond motifs is 1. The van der Waals surface area contributed by atoms with Gasteiger partial charge in [0.1, 0.15) is 0 Å². The van der Waals surface area contributed by atoms with E-state index >= 15 is 0 Å². The Morgan fingerprint density at radius 1 is 1.50 bits per heavy atom. The van der Waals surface area contributed by atoms with Crippen LogP contribution < -0.4 is 16.2 Å². The zero-order valence-electron chi connectivity index (χ0n) is 7.57. The fourth-order valence-electron chi connectivity index (χ4n) is 1.30. The number of H-pyrrole nitrogens is 1. The van der Waals surface area contributed by atoms with Gasteiger partial charge < -0.3 is 15.5 Å². The maximum absolute atomic E-state index is 11.1. The Hall–Kier alpha value is -2.04. The zero-order valence-corrected chi connectivity index (χ0v) is 7.57. The van der Waals surface area contributed by atoms with Gasteiger partial charge in [0.15, 0.2) is 0 Å². The van der Waals surface area contributed by atoms with Gasteiger partial charge in [-0.3, -0.25) is 0 Å². The molecule has 0 radical (unpaired) electrons. The molecule has 1 heterocycles. The lowest BCUT2D eigenvalue weighted by atomic mass is 10.2. The minimum absolute atomic E-state index is 0.288. The second kappa shape index (κ2) is 3.02. The molecule has 2 rings (SSSR count). The number of nitrogens with one attached hydrogen (secondary N) is 1. The Morgan fingerprint density at radius 2 is 2.29 bits per heavy atom. The molecule has 5 nitrogen and oxygen atoms in total. The summed E-state index contributed by atoms with van der Waals surface area (Å²) >= 11 is 0. The first-order valence-corrected chi connectivity index (χ1v) is 4.04. The minimum Gasteiger partial charge on any atom is -0.480 e. The van der Waals surface area contributed by atoms with E-state index in [1.165, 1.54) is 7.11 Å². The molecule has 0 amide bonds. The first-order chi connectivity index (χ1) is 6.70. The number of aromatic nitrogens is 2. The van der Waals surface area contributed by atoms with E-state index in [0.29, 0.717) is 16.6 Å². The van der Waals surface area contributed by atoms with Crippen molar-refractivity contribution in [1.29, 1.82) is 0 Å². The van der Waals surface area contributed by atoms with Gasteiger partial charge in [-0.05, 0) is 18.2 Å².